The van der Waals surface area contributed by atoms with Crippen LogP contribution in [0.1, 0.15) is 20.3 Å². The number of aliphatic hydroxyl groups excluding tert-OH is 1. The van der Waals surface area contributed by atoms with E-state index < -0.39 is 5.54 Å². The Kier molecular flexibility index (Phi) is 4.97. The molecule has 0 saturated carbocycles. The van der Waals surface area contributed by atoms with Gasteiger partial charge in [0.25, 0.3) is 0 Å². The van der Waals surface area contributed by atoms with Crippen LogP contribution in [0.5, 0.6) is 5.75 Å². The number of ether oxygens (including phenoxy) is 1. The second-order valence-corrected chi connectivity index (χ2v) is 4.67. The van der Waals surface area contributed by atoms with E-state index in [1.165, 1.54) is 0 Å². The van der Waals surface area contributed by atoms with Crippen molar-refractivity contribution in [1.82, 2.24) is 5.32 Å². The van der Waals surface area contributed by atoms with Crippen molar-refractivity contribution < 1.29 is 14.6 Å². The first-order valence-electron chi connectivity index (χ1n) is 5.81. The maximum atomic E-state index is 11.7. The van der Waals surface area contributed by atoms with Gasteiger partial charge in [-0.05, 0) is 44.5 Å². The topological polar surface area (TPSA) is 70.6 Å². The Morgan fingerprint density at radius 3 is 2.44 bits per heavy atom. The number of methoxy groups -OCH3 is 1. The average Bonchev–Trinajstić information content (AvgIpc) is 2.28. The fraction of sp³-hybridized carbons (Fsp3) is 0.462. The fourth-order valence-corrected chi connectivity index (χ4v) is 1.49. The van der Waals surface area contributed by atoms with Gasteiger partial charge in [0.15, 0.2) is 0 Å². The minimum Gasteiger partial charge on any atom is -0.497 e. The van der Waals surface area contributed by atoms with Crippen molar-refractivity contribution in [3.05, 3.63) is 24.3 Å². The van der Waals surface area contributed by atoms with Crippen LogP contribution in [0.3, 0.4) is 0 Å². The van der Waals surface area contributed by atoms with E-state index in [0.29, 0.717) is 12.1 Å². The summed E-state index contributed by atoms with van der Waals surface area (Å²) in [6, 6.07) is 6.77. The largest absolute Gasteiger partial charge is 0.497 e. The molecule has 0 heterocycles. The van der Waals surface area contributed by atoms with Crippen LogP contribution >= 0.6 is 0 Å². The van der Waals surface area contributed by atoms with E-state index in [1.807, 2.05) is 13.8 Å². The van der Waals surface area contributed by atoms with Gasteiger partial charge >= 0.3 is 6.03 Å². The van der Waals surface area contributed by atoms with Gasteiger partial charge < -0.3 is 20.5 Å². The van der Waals surface area contributed by atoms with Crippen molar-refractivity contribution >= 4 is 11.7 Å². The Balaban J connectivity index is 2.53. The van der Waals surface area contributed by atoms with Crippen LogP contribution in [-0.2, 0) is 0 Å². The highest BCUT2D eigenvalue weighted by Crippen LogP contribution is 2.15. The van der Waals surface area contributed by atoms with Gasteiger partial charge in [-0.25, -0.2) is 4.79 Å². The molecule has 100 valence electrons. The molecule has 0 spiro atoms. The van der Waals surface area contributed by atoms with Gasteiger partial charge in [0, 0.05) is 17.8 Å². The van der Waals surface area contributed by atoms with Crippen molar-refractivity contribution in [3.8, 4) is 5.75 Å². The minimum atomic E-state index is -0.439. The standard InChI is InChI=1S/C13H20N2O3/c1-13(2,8-9-16)15-12(17)14-10-4-6-11(18-3)7-5-10/h4-7,16H,8-9H2,1-3H3,(H2,14,15,17). The van der Waals surface area contributed by atoms with Crippen molar-refractivity contribution in [2.75, 3.05) is 19.0 Å². The zero-order valence-electron chi connectivity index (χ0n) is 11.0. The van der Waals surface area contributed by atoms with Gasteiger partial charge in [-0.15, -0.1) is 0 Å². The van der Waals surface area contributed by atoms with Crippen LogP contribution in [0.4, 0.5) is 10.5 Å². The lowest BCUT2D eigenvalue weighted by Gasteiger charge is -2.25. The van der Waals surface area contributed by atoms with E-state index in [4.69, 9.17) is 9.84 Å². The highest BCUT2D eigenvalue weighted by Gasteiger charge is 2.19. The summed E-state index contributed by atoms with van der Waals surface area (Å²) in [6.45, 7) is 3.75. The number of hydrogen-bond acceptors (Lipinski definition) is 3. The normalized spacial score (nSPS) is 10.9. The van der Waals surface area contributed by atoms with Crippen LogP contribution in [0.25, 0.3) is 0 Å². The molecule has 0 aliphatic rings. The zero-order chi connectivity index (χ0) is 13.6. The summed E-state index contributed by atoms with van der Waals surface area (Å²) in [4.78, 5) is 11.7. The Morgan fingerprint density at radius 2 is 1.94 bits per heavy atom. The summed E-state index contributed by atoms with van der Waals surface area (Å²) in [7, 11) is 1.59. The van der Waals surface area contributed by atoms with Gasteiger partial charge in [0.2, 0.25) is 0 Å². The molecule has 0 aliphatic heterocycles. The quantitative estimate of drug-likeness (QED) is 0.750. The molecule has 0 atom stereocenters. The molecule has 0 unspecified atom stereocenters. The van der Waals surface area contributed by atoms with E-state index in [2.05, 4.69) is 10.6 Å². The maximum absolute atomic E-state index is 11.7. The van der Waals surface area contributed by atoms with Crippen LogP contribution in [0.15, 0.2) is 24.3 Å². The first-order chi connectivity index (χ1) is 8.46. The van der Waals surface area contributed by atoms with Crippen LogP contribution in [0.2, 0.25) is 0 Å². The Hall–Kier alpha value is -1.75. The van der Waals surface area contributed by atoms with E-state index in [1.54, 1.807) is 31.4 Å². The SMILES string of the molecule is COc1ccc(NC(=O)NC(C)(C)CCO)cc1. The Morgan fingerprint density at radius 1 is 1.33 bits per heavy atom. The third kappa shape index (κ3) is 4.63. The monoisotopic (exact) mass is 252 g/mol. The smallest absolute Gasteiger partial charge is 0.319 e. The summed E-state index contributed by atoms with van der Waals surface area (Å²) in [5, 5.41) is 14.4. The van der Waals surface area contributed by atoms with Gasteiger partial charge in [0.1, 0.15) is 5.75 Å². The van der Waals surface area contributed by atoms with Gasteiger partial charge in [-0.3, -0.25) is 0 Å². The zero-order valence-corrected chi connectivity index (χ0v) is 11.0. The molecule has 0 saturated heterocycles. The molecule has 3 N–H and O–H groups in total. The number of amides is 2. The third-order valence-electron chi connectivity index (χ3n) is 2.54. The summed E-state index contributed by atoms with van der Waals surface area (Å²) in [5.41, 5.74) is 0.249. The predicted molar refractivity (Wildman–Crippen MR) is 70.9 cm³/mol. The average molecular weight is 252 g/mol. The molecule has 0 aromatic heterocycles. The van der Waals surface area contributed by atoms with E-state index in [9.17, 15) is 4.79 Å². The molecule has 1 aromatic rings. The van der Waals surface area contributed by atoms with E-state index in [-0.39, 0.29) is 12.6 Å². The summed E-state index contributed by atoms with van der Waals surface area (Å²) in [5.74, 6) is 0.738. The van der Waals surface area contributed by atoms with Crippen LogP contribution in [-0.4, -0.2) is 30.4 Å². The lowest BCUT2D eigenvalue weighted by molar-refractivity contribution is 0.218. The van der Waals surface area contributed by atoms with Crippen molar-refractivity contribution in [2.45, 2.75) is 25.8 Å². The van der Waals surface area contributed by atoms with Crippen LogP contribution < -0.4 is 15.4 Å². The number of carbonyl (C=O) groups is 1. The molecule has 0 fully saturated rings. The van der Waals surface area contributed by atoms with Crippen molar-refractivity contribution in [3.63, 3.8) is 0 Å². The summed E-state index contributed by atoms with van der Waals surface area (Å²) in [6.07, 6.45) is 0.503. The van der Waals surface area contributed by atoms with Gasteiger partial charge in [0.05, 0.1) is 7.11 Å². The molecule has 5 nitrogen and oxygen atoms in total. The van der Waals surface area contributed by atoms with Gasteiger partial charge in [-0.1, -0.05) is 0 Å². The maximum Gasteiger partial charge on any atom is 0.319 e. The number of benzene rings is 1. The van der Waals surface area contributed by atoms with Gasteiger partial charge in [-0.2, -0.15) is 0 Å². The molecular formula is C13H20N2O3. The lowest BCUT2D eigenvalue weighted by Crippen LogP contribution is -2.46. The number of nitrogens with one attached hydrogen (secondary N) is 2. The number of aliphatic hydroxyl groups is 1. The number of hydrogen-bond donors (Lipinski definition) is 3. The molecule has 0 radical (unpaired) electrons. The second kappa shape index (κ2) is 6.26. The number of rotatable bonds is 5. The minimum absolute atomic E-state index is 0.0375. The highest BCUT2D eigenvalue weighted by molar-refractivity contribution is 5.89. The first-order valence-corrected chi connectivity index (χ1v) is 5.81. The number of carbonyl (C=O) groups excluding carboxylic acids is 1. The Labute approximate surface area is 107 Å². The summed E-state index contributed by atoms with van der Waals surface area (Å²) >= 11 is 0. The second-order valence-electron chi connectivity index (χ2n) is 4.67. The fourth-order valence-electron chi connectivity index (χ4n) is 1.49. The molecular weight excluding hydrogens is 232 g/mol. The number of urea groups is 1. The number of anilines is 1. The summed E-state index contributed by atoms with van der Waals surface area (Å²) < 4.78 is 5.03. The lowest BCUT2D eigenvalue weighted by atomic mass is 10.0. The van der Waals surface area contributed by atoms with Crippen molar-refractivity contribution in [2.24, 2.45) is 0 Å². The molecule has 1 rings (SSSR count). The predicted octanol–water partition coefficient (Wildman–Crippen LogP) is 1.98. The van der Waals surface area contributed by atoms with E-state index in [0.717, 1.165) is 5.75 Å². The highest BCUT2D eigenvalue weighted by atomic mass is 16.5. The molecule has 0 bridgehead atoms. The third-order valence-corrected chi connectivity index (χ3v) is 2.54. The molecule has 18 heavy (non-hydrogen) atoms. The molecule has 5 heteroatoms. The Bertz CT molecular complexity index is 388. The van der Waals surface area contributed by atoms with Crippen molar-refractivity contribution in [1.29, 1.82) is 0 Å². The molecule has 0 aliphatic carbocycles. The molecule has 1 aromatic carbocycles. The molecule has 2 amide bonds. The first kappa shape index (κ1) is 14.3. The van der Waals surface area contributed by atoms with E-state index >= 15 is 0 Å². The van der Waals surface area contributed by atoms with Crippen LogP contribution in [0, 0.1) is 0 Å².